The molecular formula is C24H25ClN2O2. The Balaban J connectivity index is 1.89. The molecule has 150 valence electrons. The molecule has 0 amide bonds. The van der Waals surface area contributed by atoms with Crippen molar-refractivity contribution in [3.05, 3.63) is 89.2 Å². The highest BCUT2D eigenvalue weighted by atomic mass is 35.5. The highest BCUT2D eigenvalue weighted by molar-refractivity contribution is 6.29. The molecule has 1 aliphatic rings. The third-order valence-corrected chi connectivity index (χ3v) is 6.96. The molecule has 0 saturated carbocycles. The van der Waals surface area contributed by atoms with E-state index < -0.39 is 16.4 Å². The third-order valence-electron chi connectivity index (χ3n) is 6.16. The van der Waals surface area contributed by atoms with Gasteiger partial charge < -0.3 is 4.74 Å². The number of alkyl halides is 1. The van der Waals surface area contributed by atoms with Crippen LogP contribution in [0.5, 0.6) is 0 Å². The predicted octanol–water partition coefficient (Wildman–Crippen LogP) is 4.80. The van der Waals surface area contributed by atoms with E-state index in [9.17, 15) is 4.79 Å². The molecule has 5 heteroatoms. The SMILES string of the molecule is CCC1(Cl)C(Cn2cc(C)c(C)n2)OC(=O)C1(c1ccccc1)c1ccccc1. The van der Waals surface area contributed by atoms with Crippen molar-refractivity contribution >= 4 is 17.6 Å². The van der Waals surface area contributed by atoms with E-state index in [4.69, 9.17) is 16.3 Å². The lowest BCUT2D eigenvalue weighted by Crippen LogP contribution is -2.53. The molecule has 3 aromatic rings. The Hall–Kier alpha value is -2.59. The van der Waals surface area contributed by atoms with Crippen LogP contribution in [-0.2, 0) is 21.5 Å². The number of nitrogens with zero attached hydrogens (tertiary/aromatic N) is 2. The van der Waals surface area contributed by atoms with Crippen molar-refractivity contribution < 1.29 is 9.53 Å². The summed E-state index contributed by atoms with van der Waals surface area (Å²) >= 11 is 7.42. The molecule has 2 aromatic carbocycles. The molecule has 4 nitrogen and oxygen atoms in total. The molecule has 0 bridgehead atoms. The summed E-state index contributed by atoms with van der Waals surface area (Å²) in [6, 6.07) is 19.5. The van der Waals surface area contributed by atoms with Crippen LogP contribution in [0.1, 0.15) is 35.7 Å². The first-order valence-corrected chi connectivity index (χ1v) is 10.3. The van der Waals surface area contributed by atoms with E-state index in [1.165, 1.54) is 0 Å². The van der Waals surface area contributed by atoms with Crippen LogP contribution < -0.4 is 0 Å². The Morgan fingerprint density at radius 3 is 2.03 bits per heavy atom. The van der Waals surface area contributed by atoms with E-state index in [1.54, 1.807) is 0 Å². The molecule has 29 heavy (non-hydrogen) atoms. The largest absolute Gasteiger partial charge is 0.457 e. The molecule has 0 radical (unpaired) electrons. The fourth-order valence-corrected chi connectivity index (χ4v) is 4.95. The van der Waals surface area contributed by atoms with Gasteiger partial charge in [0, 0.05) is 6.20 Å². The second-order valence-corrected chi connectivity index (χ2v) is 8.39. The molecular weight excluding hydrogens is 384 g/mol. The van der Waals surface area contributed by atoms with Crippen LogP contribution in [-0.4, -0.2) is 26.7 Å². The predicted molar refractivity (Wildman–Crippen MR) is 114 cm³/mol. The Bertz CT molecular complexity index is 957. The summed E-state index contributed by atoms with van der Waals surface area (Å²) in [6.45, 7) is 6.42. The first-order valence-electron chi connectivity index (χ1n) is 9.95. The smallest absolute Gasteiger partial charge is 0.323 e. The van der Waals surface area contributed by atoms with Crippen LogP contribution in [0.25, 0.3) is 0 Å². The molecule has 4 rings (SSSR count). The number of carbonyl (C=O) groups is 1. The molecule has 0 N–H and O–H groups in total. The zero-order chi connectivity index (χ0) is 20.6. The standard InChI is InChI=1S/C24H25ClN2O2/c1-4-23(25)21(16-27-15-17(2)18(3)26-27)29-22(28)24(23,19-11-7-5-8-12-19)20-13-9-6-10-14-20/h5-15,21H,4,16H2,1-3H3. The zero-order valence-corrected chi connectivity index (χ0v) is 17.7. The summed E-state index contributed by atoms with van der Waals surface area (Å²) in [7, 11) is 0. The molecule has 1 aromatic heterocycles. The number of ether oxygens (including phenoxy) is 1. The Labute approximate surface area is 176 Å². The molecule has 0 spiro atoms. The van der Waals surface area contributed by atoms with Crippen molar-refractivity contribution in [2.24, 2.45) is 0 Å². The van der Waals surface area contributed by atoms with Gasteiger partial charge in [-0.3, -0.25) is 9.48 Å². The minimum absolute atomic E-state index is 0.308. The van der Waals surface area contributed by atoms with Gasteiger partial charge in [0.2, 0.25) is 0 Å². The Morgan fingerprint density at radius 2 is 1.59 bits per heavy atom. The molecule has 2 heterocycles. The number of benzene rings is 2. The van der Waals surface area contributed by atoms with Gasteiger partial charge in [-0.05, 0) is 37.0 Å². The number of rotatable bonds is 5. The minimum atomic E-state index is -1.09. The Kier molecular flexibility index (Phi) is 4.99. The van der Waals surface area contributed by atoms with E-state index in [-0.39, 0.29) is 5.97 Å². The molecule has 1 aliphatic heterocycles. The lowest BCUT2D eigenvalue weighted by atomic mass is 9.64. The maximum absolute atomic E-state index is 13.6. The van der Waals surface area contributed by atoms with Crippen LogP contribution in [0.15, 0.2) is 66.9 Å². The van der Waals surface area contributed by atoms with Gasteiger partial charge in [-0.2, -0.15) is 5.10 Å². The topological polar surface area (TPSA) is 44.1 Å². The van der Waals surface area contributed by atoms with Gasteiger partial charge in [-0.1, -0.05) is 67.6 Å². The zero-order valence-electron chi connectivity index (χ0n) is 16.9. The van der Waals surface area contributed by atoms with Crippen LogP contribution in [0.2, 0.25) is 0 Å². The number of halogens is 1. The summed E-state index contributed by atoms with van der Waals surface area (Å²) in [5, 5.41) is 4.56. The van der Waals surface area contributed by atoms with Gasteiger partial charge in [-0.25, -0.2) is 0 Å². The second kappa shape index (κ2) is 7.34. The molecule has 2 unspecified atom stereocenters. The van der Waals surface area contributed by atoms with Gasteiger partial charge in [0.15, 0.2) is 0 Å². The fraction of sp³-hybridized carbons (Fsp3) is 0.333. The van der Waals surface area contributed by atoms with Crippen molar-refractivity contribution in [3.8, 4) is 0 Å². The number of carbonyl (C=O) groups excluding carboxylic acids is 1. The number of hydrogen-bond acceptors (Lipinski definition) is 3. The monoisotopic (exact) mass is 408 g/mol. The normalized spacial score (nSPS) is 23.2. The summed E-state index contributed by atoms with van der Waals surface area (Å²) < 4.78 is 7.85. The molecule has 1 fully saturated rings. The maximum atomic E-state index is 13.6. The molecule has 1 saturated heterocycles. The van der Waals surface area contributed by atoms with Gasteiger partial charge in [0.05, 0.1) is 12.2 Å². The summed E-state index contributed by atoms with van der Waals surface area (Å²) in [5.41, 5.74) is 2.67. The summed E-state index contributed by atoms with van der Waals surface area (Å²) in [4.78, 5) is 12.7. The van der Waals surface area contributed by atoms with Crippen LogP contribution in [0.3, 0.4) is 0 Å². The van der Waals surface area contributed by atoms with Crippen molar-refractivity contribution in [2.75, 3.05) is 0 Å². The number of hydrogen-bond donors (Lipinski definition) is 0. The number of aryl methyl sites for hydroxylation is 2. The lowest BCUT2D eigenvalue weighted by Gasteiger charge is -2.40. The van der Waals surface area contributed by atoms with E-state index >= 15 is 0 Å². The number of esters is 1. The maximum Gasteiger partial charge on any atom is 0.323 e. The van der Waals surface area contributed by atoms with Crippen molar-refractivity contribution in [3.63, 3.8) is 0 Å². The molecule has 2 atom stereocenters. The van der Waals surface area contributed by atoms with E-state index in [2.05, 4.69) is 5.10 Å². The minimum Gasteiger partial charge on any atom is -0.457 e. The van der Waals surface area contributed by atoms with E-state index in [1.807, 2.05) is 92.3 Å². The van der Waals surface area contributed by atoms with Crippen molar-refractivity contribution in [2.45, 2.75) is 50.1 Å². The fourth-order valence-electron chi connectivity index (χ4n) is 4.54. The van der Waals surface area contributed by atoms with Crippen LogP contribution in [0.4, 0.5) is 0 Å². The van der Waals surface area contributed by atoms with Crippen LogP contribution in [0, 0.1) is 13.8 Å². The highest BCUT2D eigenvalue weighted by Gasteiger charge is 2.68. The Morgan fingerprint density at radius 1 is 1.03 bits per heavy atom. The van der Waals surface area contributed by atoms with Crippen LogP contribution >= 0.6 is 11.6 Å². The first-order chi connectivity index (χ1) is 13.9. The quantitative estimate of drug-likeness (QED) is 0.450. The highest BCUT2D eigenvalue weighted by Crippen LogP contribution is 2.55. The number of cyclic esters (lactones) is 1. The second-order valence-electron chi connectivity index (χ2n) is 7.71. The van der Waals surface area contributed by atoms with Crippen molar-refractivity contribution in [1.82, 2.24) is 9.78 Å². The first kappa shape index (κ1) is 19.7. The molecule has 0 aliphatic carbocycles. The van der Waals surface area contributed by atoms with E-state index in [0.717, 1.165) is 22.4 Å². The van der Waals surface area contributed by atoms with E-state index in [0.29, 0.717) is 13.0 Å². The van der Waals surface area contributed by atoms with Gasteiger partial charge >= 0.3 is 5.97 Å². The van der Waals surface area contributed by atoms with Gasteiger partial charge in [0.25, 0.3) is 0 Å². The lowest BCUT2D eigenvalue weighted by molar-refractivity contribution is -0.145. The average Bonchev–Trinajstić information content (AvgIpc) is 3.17. The summed E-state index contributed by atoms with van der Waals surface area (Å²) in [5.74, 6) is -0.308. The van der Waals surface area contributed by atoms with Crippen molar-refractivity contribution in [1.29, 1.82) is 0 Å². The summed E-state index contributed by atoms with van der Waals surface area (Å²) in [6.07, 6.45) is 2.02. The third kappa shape index (κ3) is 2.89. The van der Waals surface area contributed by atoms with Gasteiger partial charge in [0.1, 0.15) is 16.4 Å². The number of aromatic nitrogens is 2. The average molecular weight is 409 g/mol. The van der Waals surface area contributed by atoms with Gasteiger partial charge in [-0.15, -0.1) is 11.6 Å².